The Morgan fingerprint density at radius 2 is 1.08 bits per heavy atom. The molecule has 0 bridgehead atoms. The molecule has 52 heavy (non-hydrogen) atoms. The first-order chi connectivity index (χ1) is 25.8. The van der Waals surface area contributed by atoms with Crippen molar-refractivity contribution >= 4 is 75.1 Å². The fourth-order valence-corrected chi connectivity index (χ4v) is 8.91. The summed E-state index contributed by atoms with van der Waals surface area (Å²) in [7, 11) is 0. The van der Waals surface area contributed by atoms with E-state index in [9.17, 15) is 0 Å². The van der Waals surface area contributed by atoms with Crippen molar-refractivity contribution in [1.29, 1.82) is 0 Å². The average Bonchev–Trinajstić information content (AvgIpc) is 3.79. The molecule has 0 radical (unpaired) electrons. The van der Waals surface area contributed by atoms with Crippen molar-refractivity contribution in [2.75, 3.05) is 0 Å². The van der Waals surface area contributed by atoms with E-state index in [1.807, 2.05) is 35.6 Å². The summed E-state index contributed by atoms with van der Waals surface area (Å²) >= 11 is 1.82. The quantitative estimate of drug-likeness (QED) is 0.174. The molecule has 7 aromatic carbocycles. The Bertz CT molecular complexity index is 3180. The molecule has 4 heterocycles. The van der Waals surface area contributed by atoms with Crippen molar-refractivity contribution in [3.8, 4) is 45.2 Å². The Labute approximate surface area is 302 Å². The highest BCUT2D eigenvalue weighted by Crippen LogP contribution is 2.44. The fourth-order valence-electron chi connectivity index (χ4n) is 7.78. The van der Waals surface area contributed by atoms with E-state index < -0.39 is 0 Å². The molecule has 0 N–H and O–H groups in total. The van der Waals surface area contributed by atoms with E-state index in [2.05, 4.69) is 140 Å². The van der Waals surface area contributed by atoms with E-state index in [4.69, 9.17) is 19.4 Å². The van der Waals surface area contributed by atoms with Crippen LogP contribution in [0.1, 0.15) is 0 Å². The molecule has 4 nitrogen and oxygen atoms in total. The zero-order chi connectivity index (χ0) is 34.2. The van der Waals surface area contributed by atoms with Gasteiger partial charge in [-0.25, -0.2) is 15.0 Å². The van der Waals surface area contributed by atoms with Crippen LogP contribution in [-0.2, 0) is 0 Å². The number of fused-ring (bicyclic) bond motifs is 10. The molecule has 0 amide bonds. The van der Waals surface area contributed by atoms with Crippen LogP contribution in [0.4, 0.5) is 0 Å². The third-order valence-electron chi connectivity index (χ3n) is 10.1. The van der Waals surface area contributed by atoms with E-state index in [0.29, 0.717) is 5.82 Å². The van der Waals surface area contributed by atoms with Gasteiger partial charge in [-0.05, 0) is 42.5 Å². The Kier molecular flexibility index (Phi) is 6.39. The summed E-state index contributed by atoms with van der Waals surface area (Å²) in [6.07, 6.45) is 0. The van der Waals surface area contributed by atoms with Crippen LogP contribution in [0.15, 0.2) is 168 Å². The standard InChI is InChI=1S/C47H27N3OS/c1-3-13-28(14-4-1)36-27-37(30-19-12-24-41-42(30)32-18-8-10-23-40(32)52-41)49-47(48-36)35-21-11-20-33-43-34(45(50-46(33)35)29-15-5-2-6-16-29)25-26-39-44(43)31-17-7-9-22-38(31)51-39/h1-27H. The van der Waals surface area contributed by atoms with Crippen molar-refractivity contribution in [1.82, 2.24) is 15.0 Å². The third kappa shape index (κ3) is 4.43. The summed E-state index contributed by atoms with van der Waals surface area (Å²) in [6.45, 7) is 0. The molecule has 11 aromatic rings. The summed E-state index contributed by atoms with van der Waals surface area (Å²) in [4.78, 5) is 16.2. The zero-order valence-electron chi connectivity index (χ0n) is 27.7. The molecule has 0 saturated carbocycles. The minimum atomic E-state index is 0.633. The Morgan fingerprint density at radius 1 is 0.404 bits per heavy atom. The molecule has 0 unspecified atom stereocenters. The minimum Gasteiger partial charge on any atom is -0.456 e. The highest BCUT2D eigenvalue weighted by atomic mass is 32.1. The van der Waals surface area contributed by atoms with Gasteiger partial charge in [-0.15, -0.1) is 11.3 Å². The normalized spacial score (nSPS) is 11.8. The first kappa shape index (κ1) is 29.1. The van der Waals surface area contributed by atoms with Gasteiger partial charge in [0.15, 0.2) is 5.82 Å². The lowest BCUT2D eigenvalue weighted by Gasteiger charge is -2.15. The third-order valence-corrected chi connectivity index (χ3v) is 11.2. The number of pyridine rings is 1. The largest absolute Gasteiger partial charge is 0.456 e. The molecule has 0 aliphatic heterocycles. The molecule has 0 fully saturated rings. The molecule has 0 atom stereocenters. The summed E-state index contributed by atoms with van der Waals surface area (Å²) in [5.74, 6) is 0.633. The molecular weight excluding hydrogens is 655 g/mol. The molecule has 4 aromatic heterocycles. The predicted octanol–water partition coefficient (Wildman–Crippen LogP) is 13.1. The van der Waals surface area contributed by atoms with Crippen molar-refractivity contribution in [2.24, 2.45) is 0 Å². The smallest absolute Gasteiger partial charge is 0.162 e. The maximum Gasteiger partial charge on any atom is 0.162 e. The van der Waals surface area contributed by atoms with Gasteiger partial charge >= 0.3 is 0 Å². The van der Waals surface area contributed by atoms with Gasteiger partial charge in [0.05, 0.1) is 22.6 Å². The maximum atomic E-state index is 6.41. The zero-order valence-corrected chi connectivity index (χ0v) is 28.6. The Morgan fingerprint density at radius 3 is 1.94 bits per heavy atom. The van der Waals surface area contributed by atoms with Crippen LogP contribution in [0.25, 0.3) is 109 Å². The second-order valence-electron chi connectivity index (χ2n) is 13.1. The van der Waals surface area contributed by atoms with Gasteiger partial charge in [0.2, 0.25) is 0 Å². The van der Waals surface area contributed by atoms with Crippen molar-refractivity contribution in [3.05, 3.63) is 164 Å². The second-order valence-corrected chi connectivity index (χ2v) is 14.2. The number of rotatable bonds is 4. The van der Waals surface area contributed by atoms with Gasteiger partial charge in [-0.3, -0.25) is 0 Å². The van der Waals surface area contributed by atoms with E-state index in [1.54, 1.807) is 0 Å². The van der Waals surface area contributed by atoms with Gasteiger partial charge in [0.25, 0.3) is 0 Å². The first-order valence-corrected chi connectivity index (χ1v) is 18.2. The van der Waals surface area contributed by atoms with Gasteiger partial charge in [-0.1, -0.05) is 121 Å². The monoisotopic (exact) mass is 681 g/mol. The SMILES string of the molecule is c1ccc(-c2cc(-c3cccc4sc5ccccc5c34)nc(-c3cccc4c3nc(-c3ccccc3)c3ccc5oc6ccccc6c5c34)n2)cc1. The van der Waals surface area contributed by atoms with E-state index in [1.165, 1.54) is 20.2 Å². The average molecular weight is 682 g/mol. The van der Waals surface area contributed by atoms with Gasteiger partial charge in [0, 0.05) is 69.4 Å². The summed E-state index contributed by atoms with van der Waals surface area (Å²) in [5.41, 5.74) is 9.27. The molecule has 11 rings (SSSR count). The highest BCUT2D eigenvalue weighted by molar-refractivity contribution is 7.25. The van der Waals surface area contributed by atoms with Crippen LogP contribution in [0.5, 0.6) is 0 Å². The molecule has 0 aliphatic carbocycles. The number of thiophene rings is 1. The lowest BCUT2D eigenvalue weighted by molar-refractivity contribution is 0.669. The lowest BCUT2D eigenvalue weighted by atomic mass is 9.94. The number of hydrogen-bond donors (Lipinski definition) is 0. The van der Waals surface area contributed by atoms with Crippen molar-refractivity contribution in [3.63, 3.8) is 0 Å². The summed E-state index contributed by atoms with van der Waals surface area (Å²) in [6, 6.07) is 57.0. The van der Waals surface area contributed by atoms with Gasteiger partial charge in [0.1, 0.15) is 11.2 Å². The summed E-state index contributed by atoms with van der Waals surface area (Å²) < 4.78 is 8.92. The predicted molar refractivity (Wildman–Crippen MR) is 217 cm³/mol. The number of nitrogens with zero attached hydrogens (tertiary/aromatic N) is 3. The number of hydrogen-bond acceptors (Lipinski definition) is 5. The first-order valence-electron chi connectivity index (χ1n) is 17.4. The number of benzene rings is 7. The van der Waals surface area contributed by atoms with Crippen LogP contribution in [-0.4, -0.2) is 15.0 Å². The fraction of sp³-hybridized carbons (Fsp3) is 0. The minimum absolute atomic E-state index is 0.633. The molecule has 0 aliphatic rings. The number of furan rings is 1. The molecular formula is C47H27N3OS. The van der Waals surface area contributed by atoms with Crippen LogP contribution in [0, 0.1) is 0 Å². The van der Waals surface area contributed by atoms with Gasteiger partial charge in [-0.2, -0.15) is 0 Å². The number of aromatic nitrogens is 3. The Hall–Kier alpha value is -6.69. The second kappa shape index (κ2) is 11.4. The molecule has 5 heteroatoms. The molecule has 0 saturated heterocycles. The highest BCUT2D eigenvalue weighted by Gasteiger charge is 2.21. The molecule has 0 spiro atoms. The van der Waals surface area contributed by atoms with Crippen LogP contribution >= 0.6 is 11.3 Å². The van der Waals surface area contributed by atoms with Crippen LogP contribution in [0.3, 0.4) is 0 Å². The van der Waals surface area contributed by atoms with E-state index in [-0.39, 0.29) is 0 Å². The van der Waals surface area contributed by atoms with Crippen LogP contribution < -0.4 is 0 Å². The van der Waals surface area contributed by atoms with Crippen molar-refractivity contribution in [2.45, 2.75) is 0 Å². The maximum absolute atomic E-state index is 6.41. The van der Waals surface area contributed by atoms with Gasteiger partial charge < -0.3 is 4.42 Å². The van der Waals surface area contributed by atoms with Crippen LogP contribution in [0.2, 0.25) is 0 Å². The molecule has 242 valence electrons. The van der Waals surface area contributed by atoms with E-state index >= 15 is 0 Å². The van der Waals surface area contributed by atoms with Crippen molar-refractivity contribution < 1.29 is 4.42 Å². The topological polar surface area (TPSA) is 51.8 Å². The number of para-hydroxylation sites is 2. The lowest BCUT2D eigenvalue weighted by Crippen LogP contribution is -1.98. The van der Waals surface area contributed by atoms with E-state index in [0.717, 1.165) is 82.9 Å². The Balaban J connectivity index is 1.26. The summed E-state index contributed by atoms with van der Waals surface area (Å²) in [5, 5.41) is 7.85.